The molecule has 0 amide bonds. The number of benzene rings is 1. The minimum atomic E-state index is -3.64. The zero-order chi connectivity index (χ0) is 17.9. The average molecular weight is 362 g/mol. The highest BCUT2D eigenvalue weighted by Gasteiger charge is 2.18. The molecule has 7 nitrogen and oxygen atoms in total. The van der Waals surface area contributed by atoms with Crippen molar-refractivity contribution in [2.75, 3.05) is 38.2 Å². The molecule has 0 atom stereocenters. The summed E-state index contributed by atoms with van der Waals surface area (Å²) in [4.78, 5) is 8.89. The van der Waals surface area contributed by atoms with E-state index in [4.69, 9.17) is 9.88 Å². The largest absolute Gasteiger partial charge is 0.481 e. The number of anilines is 1. The third-order valence-corrected chi connectivity index (χ3v) is 5.25. The second-order valence-corrected chi connectivity index (χ2v) is 7.57. The Morgan fingerprint density at radius 3 is 2.40 bits per heavy atom. The van der Waals surface area contributed by atoms with Crippen LogP contribution < -0.4 is 14.8 Å². The monoisotopic (exact) mass is 362 g/mol. The summed E-state index contributed by atoms with van der Waals surface area (Å²) in [5, 5.41) is 5.14. The van der Waals surface area contributed by atoms with Crippen molar-refractivity contribution >= 4 is 15.7 Å². The number of hydrogen-bond acceptors (Lipinski definition) is 6. The predicted octanol–water partition coefficient (Wildman–Crippen LogP) is 1.06. The third kappa shape index (κ3) is 4.47. The van der Waals surface area contributed by atoms with E-state index in [1.165, 1.54) is 5.56 Å². The maximum atomic E-state index is 11.3. The predicted molar refractivity (Wildman–Crippen MR) is 96.1 cm³/mol. The van der Waals surface area contributed by atoms with Crippen LogP contribution in [0.4, 0.5) is 5.69 Å². The summed E-state index contributed by atoms with van der Waals surface area (Å²) in [6.07, 6.45) is 1.76. The van der Waals surface area contributed by atoms with Crippen molar-refractivity contribution in [1.82, 2.24) is 9.88 Å². The summed E-state index contributed by atoms with van der Waals surface area (Å²) in [5.41, 5.74) is 2.19. The fourth-order valence-corrected chi connectivity index (χ4v) is 3.44. The Hall–Kier alpha value is -2.16. The summed E-state index contributed by atoms with van der Waals surface area (Å²) in [6, 6.07) is 10.7. The van der Waals surface area contributed by atoms with Gasteiger partial charge in [-0.3, -0.25) is 4.90 Å². The molecule has 1 aromatic heterocycles. The van der Waals surface area contributed by atoms with E-state index in [-0.39, 0.29) is 4.90 Å². The number of primary sulfonamides is 1. The molecule has 134 valence electrons. The molecule has 1 aromatic carbocycles. The highest BCUT2D eigenvalue weighted by molar-refractivity contribution is 7.89. The molecule has 25 heavy (non-hydrogen) atoms. The van der Waals surface area contributed by atoms with Crippen molar-refractivity contribution in [2.24, 2.45) is 5.14 Å². The first-order valence-corrected chi connectivity index (χ1v) is 9.59. The van der Waals surface area contributed by atoms with E-state index < -0.39 is 10.0 Å². The first-order chi connectivity index (χ1) is 12.0. The van der Waals surface area contributed by atoms with Gasteiger partial charge in [0.15, 0.2) is 0 Å². The number of pyridine rings is 1. The van der Waals surface area contributed by atoms with Gasteiger partial charge in [0.05, 0.1) is 12.0 Å². The number of nitrogens with two attached hydrogens (primary N) is 1. The van der Waals surface area contributed by atoms with Gasteiger partial charge in [0, 0.05) is 50.7 Å². The van der Waals surface area contributed by atoms with E-state index >= 15 is 0 Å². The number of piperazine rings is 1. The van der Waals surface area contributed by atoms with Crippen molar-refractivity contribution < 1.29 is 13.2 Å². The van der Waals surface area contributed by atoms with Crippen LogP contribution in [0.15, 0.2) is 47.5 Å². The van der Waals surface area contributed by atoms with Crippen molar-refractivity contribution in [3.05, 3.63) is 48.2 Å². The summed E-state index contributed by atoms with van der Waals surface area (Å²) in [5.74, 6) is 0.631. The molecule has 0 spiro atoms. The molecule has 1 fully saturated rings. The molecule has 8 heteroatoms. The zero-order valence-corrected chi connectivity index (χ0v) is 14.9. The van der Waals surface area contributed by atoms with E-state index in [2.05, 4.69) is 14.8 Å². The smallest absolute Gasteiger partial charge is 0.238 e. The van der Waals surface area contributed by atoms with E-state index in [0.29, 0.717) is 5.88 Å². The number of hydrogen-bond donors (Lipinski definition) is 1. The van der Waals surface area contributed by atoms with Gasteiger partial charge in [0.25, 0.3) is 0 Å². The van der Waals surface area contributed by atoms with Gasteiger partial charge in [-0.05, 0) is 35.9 Å². The number of methoxy groups -OCH3 is 1. The fourth-order valence-electron chi connectivity index (χ4n) is 2.93. The molecule has 0 unspecified atom stereocenters. The van der Waals surface area contributed by atoms with Crippen LogP contribution in [0.3, 0.4) is 0 Å². The molecular formula is C17H22N4O3S. The second-order valence-electron chi connectivity index (χ2n) is 6.01. The maximum absolute atomic E-state index is 11.3. The summed E-state index contributed by atoms with van der Waals surface area (Å²) in [6.45, 7) is 4.49. The van der Waals surface area contributed by atoms with Gasteiger partial charge in [-0.1, -0.05) is 0 Å². The molecule has 0 bridgehead atoms. The third-order valence-electron chi connectivity index (χ3n) is 4.32. The molecule has 2 heterocycles. The quantitative estimate of drug-likeness (QED) is 0.856. The van der Waals surface area contributed by atoms with Crippen LogP contribution >= 0.6 is 0 Å². The van der Waals surface area contributed by atoms with Gasteiger partial charge < -0.3 is 9.64 Å². The van der Waals surface area contributed by atoms with E-state index in [9.17, 15) is 8.42 Å². The fraction of sp³-hybridized carbons (Fsp3) is 0.353. The lowest BCUT2D eigenvalue weighted by atomic mass is 10.2. The molecular weight excluding hydrogens is 340 g/mol. The van der Waals surface area contributed by atoms with Crippen LogP contribution in [0, 0.1) is 0 Å². The van der Waals surface area contributed by atoms with Crippen molar-refractivity contribution in [1.29, 1.82) is 0 Å². The molecule has 1 aliphatic rings. The Labute approximate surface area is 148 Å². The molecule has 2 aromatic rings. The van der Waals surface area contributed by atoms with E-state index in [1.54, 1.807) is 25.4 Å². The number of ether oxygens (including phenoxy) is 1. The van der Waals surface area contributed by atoms with Crippen LogP contribution in [0.2, 0.25) is 0 Å². The van der Waals surface area contributed by atoms with Crippen LogP contribution in [-0.2, 0) is 16.6 Å². The van der Waals surface area contributed by atoms with Gasteiger partial charge in [-0.15, -0.1) is 0 Å². The second kappa shape index (κ2) is 7.38. The Kier molecular flexibility index (Phi) is 5.22. The van der Waals surface area contributed by atoms with Gasteiger partial charge in [-0.2, -0.15) is 0 Å². The van der Waals surface area contributed by atoms with Gasteiger partial charge >= 0.3 is 0 Å². The van der Waals surface area contributed by atoms with Crippen molar-refractivity contribution in [2.45, 2.75) is 11.4 Å². The highest BCUT2D eigenvalue weighted by atomic mass is 32.2. The molecule has 1 saturated heterocycles. The van der Waals surface area contributed by atoms with E-state index in [1.807, 2.05) is 24.3 Å². The van der Waals surface area contributed by atoms with Gasteiger partial charge in [0.1, 0.15) is 0 Å². The molecule has 0 aliphatic carbocycles. The lowest BCUT2D eigenvalue weighted by Gasteiger charge is -2.36. The van der Waals surface area contributed by atoms with E-state index in [0.717, 1.165) is 38.4 Å². The number of nitrogens with zero attached hydrogens (tertiary/aromatic N) is 3. The Morgan fingerprint density at radius 2 is 1.80 bits per heavy atom. The topological polar surface area (TPSA) is 88.8 Å². The van der Waals surface area contributed by atoms with Crippen molar-refractivity contribution in [3.8, 4) is 5.88 Å². The summed E-state index contributed by atoms with van der Waals surface area (Å²) >= 11 is 0. The normalized spacial score (nSPS) is 16.0. The Morgan fingerprint density at radius 1 is 1.12 bits per heavy atom. The van der Waals surface area contributed by atoms with Crippen LogP contribution in [0.5, 0.6) is 5.88 Å². The average Bonchev–Trinajstić information content (AvgIpc) is 2.62. The SMILES string of the molecule is COc1cc(CN2CCN(c3ccc(S(N)(=O)=O)cc3)CC2)ccn1. The van der Waals surface area contributed by atoms with Crippen LogP contribution in [0.1, 0.15) is 5.56 Å². The van der Waals surface area contributed by atoms with Crippen molar-refractivity contribution in [3.63, 3.8) is 0 Å². The van der Waals surface area contributed by atoms with Gasteiger partial charge in [0.2, 0.25) is 15.9 Å². The Balaban J connectivity index is 1.58. The summed E-state index contributed by atoms with van der Waals surface area (Å²) < 4.78 is 27.8. The number of rotatable bonds is 5. The standard InChI is InChI=1S/C17H22N4O3S/c1-24-17-12-14(6-7-19-17)13-20-8-10-21(11-9-20)15-2-4-16(5-3-15)25(18,22)23/h2-7,12H,8-11,13H2,1H3,(H2,18,22,23). The minimum Gasteiger partial charge on any atom is -0.481 e. The highest BCUT2D eigenvalue weighted by Crippen LogP contribution is 2.20. The maximum Gasteiger partial charge on any atom is 0.238 e. The molecule has 3 rings (SSSR count). The molecule has 2 N–H and O–H groups in total. The number of sulfonamides is 1. The molecule has 0 radical (unpaired) electrons. The number of aromatic nitrogens is 1. The first kappa shape index (κ1) is 17.7. The van der Waals surface area contributed by atoms with Crippen LogP contribution in [-0.4, -0.2) is 51.6 Å². The zero-order valence-electron chi connectivity index (χ0n) is 14.1. The Bertz CT molecular complexity index is 816. The first-order valence-electron chi connectivity index (χ1n) is 8.05. The van der Waals surface area contributed by atoms with Crippen LogP contribution in [0.25, 0.3) is 0 Å². The molecule has 0 saturated carbocycles. The molecule has 1 aliphatic heterocycles. The van der Waals surface area contributed by atoms with Gasteiger partial charge in [-0.25, -0.2) is 18.5 Å². The minimum absolute atomic E-state index is 0.140. The summed E-state index contributed by atoms with van der Waals surface area (Å²) in [7, 11) is -2.02. The lowest BCUT2D eigenvalue weighted by molar-refractivity contribution is 0.249. The lowest BCUT2D eigenvalue weighted by Crippen LogP contribution is -2.45.